The second-order valence-corrected chi connectivity index (χ2v) is 5.72. The van der Waals surface area contributed by atoms with Gasteiger partial charge in [-0.3, -0.25) is 4.79 Å². The molecule has 1 aliphatic rings. The molecule has 0 aliphatic heterocycles. The molecule has 1 aromatic carbocycles. The van der Waals surface area contributed by atoms with Gasteiger partial charge in [0.2, 0.25) is 0 Å². The molecule has 6 heteroatoms. The predicted octanol–water partition coefficient (Wildman–Crippen LogP) is 2.95. The Morgan fingerprint density at radius 2 is 2.23 bits per heavy atom. The van der Waals surface area contributed by atoms with Gasteiger partial charge in [0.05, 0.1) is 5.02 Å². The van der Waals surface area contributed by atoms with Crippen molar-refractivity contribution in [1.29, 1.82) is 0 Å². The number of esters is 1. The van der Waals surface area contributed by atoms with Crippen LogP contribution < -0.4 is 5.32 Å². The summed E-state index contributed by atoms with van der Waals surface area (Å²) in [5, 5.41) is 2.76. The van der Waals surface area contributed by atoms with Crippen molar-refractivity contribution in [3.63, 3.8) is 0 Å². The molecule has 0 unspecified atom stereocenters. The van der Waals surface area contributed by atoms with Gasteiger partial charge in [-0.2, -0.15) is 0 Å². The molecular formula is C16H17ClFNO3. The molecule has 1 amide bonds. The summed E-state index contributed by atoms with van der Waals surface area (Å²) in [6, 6.07) is 4.20. The summed E-state index contributed by atoms with van der Waals surface area (Å²) in [4.78, 5) is 23.1. The average molecular weight is 326 g/mol. The van der Waals surface area contributed by atoms with Crippen molar-refractivity contribution < 1.29 is 18.7 Å². The van der Waals surface area contributed by atoms with Crippen LogP contribution in [0, 0.1) is 11.7 Å². The van der Waals surface area contributed by atoms with E-state index in [1.165, 1.54) is 30.4 Å². The van der Waals surface area contributed by atoms with Crippen LogP contribution in [0.1, 0.15) is 25.3 Å². The first-order chi connectivity index (χ1) is 10.5. The lowest BCUT2D eigenvalue weighted by Gasteiger charge is -2.12. The maximum absolute atomic E-state index is 13.0. The Morgan fingerprint density at radius 3 is 2.86 bits per heavy atom. The first-order valence-corrected chi connectivity index (χ1v) is 7.43. The van der Waals surface area contributed by atoms with E-state index in [4.69, 9.17) is 16.3 Å². The number of rotatable bonds is 6. The molecule has 0 bridgehead atoms. The summed E-state index contributed by atoms with van der Waals surface area (Å²) < 4.78 is 17.8. The number of halogens is 2. The van der Waals surface area contributed by atoms with Gasteiger partial charge in [0.1, 0.15) is 5.82 Å². The quantitative estimate of drug-likeness (QED) is 0.646. The molecule has 1 N–H and O–H groups in total. The van der Waals surface area contributed by atoms with E-state index in [9.17, 15) is 14.0 Å². The second kappa shape index (κ2) is 7.40. The van der Waals surface area contributed by atoms with Crippen LogP contribution in [0.2, 0.25) is 5.02 Å². The molecule has 0 radical (unpaired) electrons. The van der Waals surface area contributed by atoms with Crippen LogP contribution in [0.3, 0.4) is 0 Å². The lowest BCUT2D eigenvalue weighted by molar-refractivity contribution is -0.144. The third kappa shape index (κ3) is 5.15. The van der Waals surface area contributed by atoms with Crippen LogP contribution >= 0.6 is 11.6 Å². The van der Waals surface area contributed by atoms with Gasteiger partial charge >= 0.3 is 5.97 Å². The summed E-state index contributed by atoms with van der Waals surface area (Å²) in [6.45, 7) is 1.62. The van der Waals surface area contributed by atoms with Crippen molar-refractivity contribution in [2.24, 2.45) is 5.92 Å². The molecule has 22 heavy (non-hydrogen) atoms. The number of ether oxygens (including phenoxy) is 1. The number of carbonyl (C=O) groups is 2. The molecule has 1 atom stereocenters. The fourth-order valence-corrected chi connectivity index (χ4v) is 2.16. The molecule has 1 aromatic rings. The van der Waals surface area contributed by atoms with Crippen LogP contribution in [0.5, 0.6) is 0 Å². The number of amides is 1. The molecule has 0 aromatic heterocycles. The van der Waals surface area contributed by atoms with Gasteiger partial charge in [0, 0.05) is 12.1 Å². The second-order valence-electron chi connectivity index (χ2n) is 5.31. The normalized spacial score (nSPS) is 15.6. The Balaban J connectivity index is 1.75. The summed E-state index contributed by atoms with van der Waals surface area (Å²) in [6.07, 6.45) is 4.87. The third-order valence-corrected chi connectivity index (χ3v) is 3.71. The lowest BCUT2D eigenvalue weighted by atomic mass is 10.2. The third-order valence-electron chi connectivity index (χ3n) is 3.42. The highest BCUT2D eigenvalue weighted by Crippen LogP contribution is 2.32. The van der Waals surface area contributed by atoms with Crippen LogP contribution in [-0.2, 0) is 14.3 Å². The molecule has 2 rings (SSSR count). The van der Waals surface area contributed by atoms with Crippen LogP contribution in [0.4, 0.5) is 4.39 Å². The first kappa shape index (κ1) is 16.5. The van der Waals surface area contributed by atoms with Gasteiger partial charge in [0.15, 0.2) is 6.61 Å². The molecular weight excluding hydrogens is 309 g/mol. The van der Waals surface area contributed by atoms with Gasteiger partial charge in [0.25, 0.3) is 5.91 Å². The zero-order valence-corrected chi connectivity index (χ0v) is 12.9. The van der Waals surface area contributed by atoms with Crippen molar-refractivity contribution in [3.8, 4) is 0 Å². The van der Waals surface area contributed by atoms with Gasteiger partial charge < -0.3 is 10.1 Å². The monoisotopic (exact) mass is 325 g/mol. The Kier molecular flexibility index (Phi) is 5.55. The molecule has 1 aliphatic carbocycles. The van der Waals surface area contributed by atoms with Crippen LogP contribution in [0.25, 0.3) is 6.08 Å². The molecule has 1 fully saturated rings. The smallest absolute Gasteiger partial charge is 0.331 e. The van der Waals surface area contributed by atoms with E-state index >= 15 is 0 Å². The summed E-state index contributed by atoms with van der Waals surface area (Å²) in [7, 11) is 0. The number of nitrogens with one attached hydrogen (secondary N) is 1. The van der Waals surface area contributed by atoms with Crippen molar-refractivity contribution >= 4 is 29.6 Å². The SMILES string of the molecule is C[C@H](NC(=O)COC(=O)/C=C/c1ccc(F)c(Cl)c1)C1CC1. The number of carbonyl (C=O) groups excluding carboxylic acids is 2. The molecule has 0 heterocycles. The van der Waals surface area contributed by atoms with Crippen molar-refractivity contribution in [3.05, 3.63) is 40.7 Å². The minimum Gasteiger partial charge on any atom is -0.452 e. The fraction of sp³-hybridized carbons (Fsp3) is 0.375. The molecule has 118 valence electrons. The summed E-state index contributed by atoms with van der Waals surface area (Å²) in [5.74, 6) is -0.939. The van der Waals surface area contributed by atoms with Crippen LogP contribution in [-0.4, -0.2) is 24.5 Å². The largest absolute Gasteiger partial charge is 0.452 e. The van der Waals surface area contributed by atoms with E-state index in [-0.39, 0.29) is 23.6 Å². The first-order valence-electron chi connectivity index (χ1n) is 7.05. The molecule has 0 spiro atoms. The molecule has 4 nitrogen and oxygen atoms in total. The minimum absolute atomic E-state index is 0.0241. The Bertz CT molecular complexity index is 599. The standard InChI is InChI=1S/C16H17ClFNO3/c1-10(12-4-5-12)19-15(20)9-22-16(21)7-3-11-2-6-14(18)13(17)8-11/h2-3,6-8,10,12H,4-5,9H2,1H3,(H,19,20)/b7-3+/t10-/m0/s1. The highest BCUT2D eigenvalue weighted by atomic mass is 35.5. The van der Waals surface area contributed by atoms with E-state index in [2.05, 4.69) is 5.32 Å². The van der Waals surface area contributed by atoms with Gasteiger partial charge in [-0.25, -0.2) is 9.18 Å². The number of hydrogen-bond donors (Lipinski definition) is 1. The predicted molar refractivity (Wildman–Crippen MR) is 81.7 cm³/mol. The zero-order valence-electron chi connectivity index (χ0n) is 12.1. The highest BCUT2D eigenvalue weighted by Gasteiger charge is 2.28. The summed E-state index contributed by atoms with van der Waals surface area (Å²) >= 11 is 5.63. The molecule has 1 saturated carbocycles. The fourth-order valence-electron chi connectivity index (χ4n) is 1.97. The van der Waals surface area contributed by atoms with Crippen molar-refractivity contribution in [2.45, 2.75) is 25.8 Å². The van der Waals surface area contributed by atoms with Gasteiger partial charge in [-0.1, -0.05) is 17.7 Å². The van der Waals surface area contributed by atoms with E-state index in [1.807, 2.05) is 6.92 Å². The topological polar surface area (TPSA) is 55.4 Å². The summed E-state index contributed by atoms with van der Waals surface area (Å²) in [5.41, 5.74) is 0.565. The number of hydrogen-bond acceptors (Lipinski definition) is 3. The van der Waals surface area contributed by atoms with Crippen molar-refractivity contribution in [2.75, 3.05) is 6.61 Å². The minimum atomic E-state index is -0.644. The zero-order chi connectivity index (χ0) is 16.1. The van der Waals surface area contributed by atoms with E-state index in [1.54, 1.807) is 0 Å². The average Bonchev–Trinajstić information content (AvgIpc) is 3.31. The van der Waals surface area contributed by atoms with E-state index in [0.29, 0.717) is 11.5 Å². The lowest BCUT2D eigenvalue weighted by Crippen LogP contribution is -2.36. The highest BCUT2D eigenvalue weighted by molar-refractivity contribution is 6.30. The Hall–Kier alpha value is -1.88. The van der Waals surface area contributed by atoms with Gasteiger partial charge in [-0.05, 0) is 49.5 Å². The Morgan fingerprint density at radius 1 is 1.50 bits per heavy atom. The molecule has 0 saturated heterocycles. The van der Waals surface area contributed by atoms with E-state index in [0.717, 1.165) is 12.8 Å². The van der Waals surface area contributed by atoms with Crippen molar-refractivity contribution in [1.82, 2.24) is 5.32 Å². The Labute approximate surface area is 133 Å². The van der Waals surface area contributed by atoms with E-state index < -0.39 is 11.8 Å². The van der Waals surface area contributed by atoms with Crippen LogP contribution in [0.15, 0.2) is 24.3 Å². The number of benzene rings is 1. The maximum atomic E-state index is 13.0. The van der Waals surface area contributed by atoms with Gasteiger partial charge in [-0.15, -0.1) is 0 Å². The maximum Gasteiger partial charge on any atom is 0.331 e.